The molecule has 2 saturated heterocycles. The number of aromatic nitrogens is 2. The lowest BCUT2D eigenvalue weighted by molar-refractivity contribution is -0.154. The summed E-state index contributed by atoms with van der Waals surface area (Å²) in [4.78, 5) is 28.9. The number of alkyl halides is 3. The molecule has 1 aliphatic carbocycles. The molecular formula is C35H44Cl2F3N5O4. The van der Waals surface area contributed by atoms with Crippen LogP contribution >= 0.6 is 24.8 Å². The number of ether oxygens (including phenoxy) is 3. The van der Waals surface area contributed by atoms with E-state index in [0.717, 1.165) is 12.8 Å². The van der Waals surface area contributed by atoms with Crippen LogP contribution in [0.1, 0.15) is 53.6 Å². The normalized spacial score (nSPS) is 19.8. The molecule has 1 saturated carbocycles. The predicted molar refractivity (Wildman–Crippen MR) is 184 cm³/mol. The fourth-order valence-corrected chi connectivity index (χ4v) is 6.95. The maximum Gasteiger partial charge on any atom is 0.422 e. The standard InChI is InChI=1S/C35H42F3N5O4.2ClH/c1-45-18-15-30(44)42-16-17-43-27(20-42)19-41(22-29(43)31(24-9-5-3-6-10-24)25-11-7-4-8-12-25)21-28-33(46-2)39-32(26-13-14-26)40-34(28)47-23-35(36,37)38;;/h3-12,26-27,29,31H,13-23H2,1-2H3;2*1H/t27-,29+;;/m1../s1. The smallest absolute Gasteiger partial charge is 0.422 e. The van der Waals surface area contributed by atoms with Crippen molar-refractivity contribution >= 4 is 30.7 Å². The van der Waals surface area contributed by atoms with Crippen LogP contribution in [-0.2, 0) is 16.1 Å². The quantitative estimate of drug-likeness (QED) is 0.235. The van der Waals surface area contributed by atoms with Gasteiger partial charge in [0.05, 0.1) is 25.7 Å². The van der Waals surface area contributed by atoms with Crippen LogP contribution in [0.25, 0.3) is 0 Å². The molecule has 2 atom stereocenters. The molecule has 3 fully saturated rings. The molecule has 14 heteroatoms. The summed E-state index contributed by atoms with van der Waals surface area (Å²) in [5.74, 6) is 0.765. The summed E-state index contributed by atoms with van der Waals surface area (Å²) in [5, 5.41) is 0. The molecule has 0 radical (unpaired) electrons. The number of rotatable bonds is 12. The fraction of sp³-hybridized carbons (Fsp3) is 0.514. The third kappa shape index (κ3) is 9.55. The number of carbonyl (C=O) groups is 1. The van der Waals surface area contributed by atoms with Crippen LogP contribution in [0.3, 0.4) is 0 Å². The van der Waals surface area contributed by atoms with E-state index >= 15 is 0 Å². The van der Waals surface area contributed by atoms with Crippen LogP contribution in [0, 0.1) is 0 Å². The number of carbonyl (C=O) groups excluding carboxylic acids is 1. The summed E-state index contributed by atoms with van der Waals surface area (Å²) in [6.45, 7) is 2.22. The number of hydrogen-bond acceptors (Lipinski definition) is 8. The second kappa shape index (κ2) is 17.2. The number of hydrogen-bond donors (Lipinski definition) is 0. The minimum Gasteiger partial charge on any atom is -0.481 e. The molecular weight excluding hydrogens is 682 g/mol. The van der Waals surface area contributed by atoms with E-state index in [0.29, 0.717) is 57.1 Å². The second-order valence-electron chi connectivity index (χ2n) is 12.6. The molecule has 268 valence electrons. The van der Waals surface area contributed by atoms with E-state index < -0.39 is 12.8 Å². The Bertz CT molecular complexity index is 1460. The minimum absolute atomic E-state index is 0. The molecule has 3 heterocycles. The van der Waals surface area contributed by atoms with E-state index in [1.165, 1.54) is 18.2 Å². The van der Waals surface area contributed by atoms with Gasteiger partial charge in [-0.3, -0.25) is 14.6 Å². The molecule has 2 aliphatic heterocycles. The topological polar surface area (TPSA) is 80.3 Å². The van der Waals surface area contributed by atoms with Crippen molar-refractivity contribution in [1.29, 1.82) is 0 Å². The fourth-order valence-electron chi connectivity index (χ4n) is 6.95. The van der Waals surface area contributed by atoms with Gasteiger partial charge in [-0.25, -0.2) is 0 Å². The lowest BCUT2D eigenvalue weighted by Gasteiger charge is -2.53. The van der Waals surface area contributed by atoms with Crippen LogP contribution < -0.4 is 9.47 Å². The Morgan fingerprint density at radius 2 is 1.53 bits per heavy atom. The Morgan fingerprint density at radius 3 is 2.10 bits per heavy atom. The average molecular weight is 727 g/mol. The number of piperazine rings is 2. The first-order valence-corrected chi connectivity index (χ1v) is 16.2. The van der Waals surface area contributed by atoms with E-state index in [9.17, 15) is 18.0 Å². The number of benzene rings is 2. The van der Waals surface area contributed by atoms with Gasteiger partial charge in [-0.1, -0.05) is 60.7 Å². The summed E-state index contributed by atoms with van der Waals surface area (Å²) >= 11 is 0. The Labute approximate surface area is 297 Å². The number of fused-ring (bicyclic) bond motifs is 1. The summed E-state index contributed by atoms with van der Waals surface area (Å²) in [6.07, 6.45) is -2.45. The van der Waals surface area contributed by atoms with Gasteiger partial charge in [-0.15, -0.1) is 24.8 Å². The molecule has 3 aliphatic rings. The molecule has 1 aromatic heterocycles. The van der Waals surface area contributed by atoms with Crippen molar-refractivity contribution in [3.05, 3.63) is 83.2 Å². The highest BCUT2D eigenvalue weighted by atomic mass is 35.5. The van der Waals surface area contributed by atoms with Crippen LogP contribution in [0.4, 0.5) is 13.2 Å². The molecule has 49 heavy (non-hydrogen) atoms. The zero-order valence-electron chi connectivity index (χ0n) is 27.7. The molecule has 2 aromatic carbocycles. The first kappa shape index (κ1) is 38.6. The van der Waals surface area contributed by atoms with Gasteiger partial charge in [0.15, 0.2) is 6.61 Å². The maximum absolute atomic E-state index is 13.4. The lowest BCUT2D eigenvalue weighted by Crippen LogP contribution is -2.67. The van der Waals surface area contributed by atoms with Gasteiger partial charge < -0.3 is 19.1 Å². The van der Waals surface area contributed by atoms with Gasteiger partial charge in [0.1, 0.15) is 5.82 Å². The van der Waals surface area contributed by atoms with Crippen LogP contribution in [0.2, 0.25) is 0 Å². The lowest BCUT2D eigenvalue weighted by atomic mass is 9.81. The monoisotopic (exact) mass is 725 g/mol. The molecule has 0 N–H and O–H groups in total. The van der Waals surface area contributed by atoms with Gasteiger partial charge in [0.25, 0.3) is 0 Å². The largest absolute Gasteiger partial charge is 0.481 e. The first-order chi connectivity index (χ1) is 22.7. The van der Waals surface area contributed by atoms with E-state index in [2.05, 4.69) is 44.0 Å². The third-order valence-electron chi connectivity index (χ3n) is 9.28. The SMILES string of the molecule is COCCC(=O)N1CCN2[C@H](CN(Cc3c(OC)nc(C4CC4)nc3OCC(F)(F)F)C[C@H]2C(c2ccccc2)c2ccccc2)C1.Cl.Cl. The van der Waals surface area contributed by atoms with Crippen molar-refractivity contribution in [1.82, 2.24) is 24.7 Å². The van der Waals surface area contributed by atoms with Crippen molar-refractivity contribution in [2.45, 2.75) is 55.9 Å². The average Bonchev–Trinajstić information content (AvgIpc) is 3.93. The zero-order valence-corrected chi connectivity index (χ0v) is 29.3. The van der Waals surface area contributed by atoms with E-state index in [4.69, 9.17) is 14.2 Å². The highest BCUT2D eigenvalue weighted by Crippen LogP contribution is 2.42. The van der Waals surface area contributed by atoms with Gasteiger partial charge in [0.2, 0.25) is 17.7 Å². The molecule has 6 rings (SSSR count). The number of halogens is 5. The summed E-state index contributed by atoms with van der Waals surface area (Å²) in [7, 11) is 3.06. The van der Waals surface area contributed by atoms with E-state index in [-0.39, 0.29) is 72.9 Å². The van der Waals surface area contributed by atoms with Crippen molar-refractivity contribution in [2.75, 3.05) is 60.2 Å². The maximum atomic E-state index is 13.4. The summed E-state index contributed by atoms with van der Waals surface area (Å²) in [6, 6.07) is 20.8. The van der Waals surface area contributed by atoms with Gasteiger partial charge in [0, 0.05) is 70.3 Å². The second-order valence-corrected chi connectivity index (χ2v) is 12.6. The predicted octanol–water partition coefficient (Wildman–Crippen LogP) is 5.71. The van der Waals surface area contributed by atoms with Gasteiger partial charge in [-0.05, 0) is 24.0 Å². The number of methoxy groups -OCH3 is 2. The minimum atomic E-state index is -4.52. The molecule has 0 unspecified atom stereocenters. The highest BCUT2D eigenvalue weighted by Gasteiger charge is 2.43. The number of amides is 1. The molecule has 9 nitrogen and oxygen atoms in total. The Kier molecular flexibility index (Phi) is 13.5. The Morgan fingerprint density at radius 1 is 0.898 bits per heavy atom. The first-order valence-electron chi connectivity index (χ1n) is 16.2. The van der Waals surface area contributed by atoms with E-state index in [1.54, 1.807) is 7.11 Å². The van der Waals surface area contributed by atoms with Gasteiger partial charge >= 0.3 is 6.18 Å². The van der Waals surface area contributed by atoms with Crippen LogP contribution in [0.15, 0.2) is 60.7 Å². The van der Waals surface area contributed by atoms with Crippen molar-refractivity contribution < 1.29 is 32.2 Å². The van der Waals surface area contributed by atoms with Crippen molar-refractivity contribution in [3.8, 4) is 11.8 Å². The zero-order chi connectivity index (χ0) is 33.0. The Balaban J connectivity index is 0.00000270. The van der Waals surface area contributed by atoms with E-state index in [1.807, 2.05) is 41.3 Å². The van der Waals surface area contributed by atoms with Crippen LogP contribution in [-0.4, -0.2) is 109 Å². The molecule has 0 spiro atoms. The van der Waals surface area contributed by atoms with Gasteiger partial charge in [-0.2, -0.15) is 23.1 Å². The number of nitrogens with zero attached hydrogens (tertiary/aromatic N) is 5. The molecule has 3 aromatic rings. The van der Waals surface area contributed by atoms with Crippen molar-refractivity contribution in [2.24, 2.45) is 0 Å². The molecule has 0 bridgehead atoms. The highest BCUT2D eigenvalue weighted by molar-refractivity contribution is 5.85. The Hall–Kier alpha value is -3.16. The summed E-state index contributed by atoms with van der Waals surface area (Å²) in [5.41, 5.74) is 2.74. The third-order valence-corrected chi connectivity index (χ3v) is 9.28. The molecule has 1 amide bonds. The van der Waals surface area contributed by atoms with Crippen LogP contribution in [0.5, 0.6) is 11.8 Å². The van der Waals surface area contributed by atoms with Crippen molar-refractivity contribution in [3.63, 3.8) is 0 Å². The summed E-state index contributed by atoms with van der Waals surface area (Å²) < 4.78 is 56.3.